The Bertz CT molecular complexity index is 367. The Morgan fingerprint density at radius 1 is 1.40 bits per heavy atom. The van der Waals surface area contributed by atoms with Gasteiger partial charge in [-0.2, -0.15) is 12.6 Å². The summed E-state index contributed by atoms with van der Waals surface area (Å²) in [4.78, 5) is 16.2. The average Bonchev–Trinajstić information content (AvgIpc) is 3.06. The number of carbonyl (C=O) groups is 1. The van der Waals surface area contributed by atoms with Crippen LogP contribution in [0.25, 0.3) is 0 Å². The summed E-state index contributed by atoms with van der Waals surface area (Å²) in [6, 6.07) is 0.109. The van der Waals surface area contributed by atoms with Gasteiger partial charge >= 0.3 is 6.09 Å². The van der Waals surface area contributed by atoms with Crippen LogP contribution in [-0.4, -0.2) is 60.0 Å². The highest BCUT2D eigenvalue weighted by Gasteiger charge is 2.32. The molecule has 0 radical (unpaired) electrons. The monoisotopic (exact) mass is 296 g/mol. The van der Waals surface area contributed by atoms with Gasteiger partial charge in [0.25, 0.3) is 0 Å². The van der Waals surface area contributed by atoms with Crippen molar-refractivity contribution in [1.82, 2.24) is 9.80 Å². The van der Waals surface area contributed by atoms with Crippen LogP contribution < -0.4 is 0 Å². The van der Waals surface area contributed by atoms with Crippen molar-refractivity contribution in [2.75, 3.05) is 32.8 Å². The molecule has 0 aromatic heterocycles. The Balaban J connectivity index is 1.85. The van der Waals surface area contributed by atoms with Gasteiger partial charge in [0.05, 0.1) is 6.04 Å². The van der Waals surface area contributed by atoms with Gasteiger partial charge in [-0.05, 0) is 32.4 Å². The van der Waals surface area contributed by atoms with Crippen LogP contribution in [0.1, 0.15) is 19.3 Å². The molecule has 4 nitrogen and oxygen atoms in total. The fourth-order valence-corrected chi connectivity index (χ4v) is 3.17. The summed E-state index contributed by atoms with van der Waals surface area (Å²) in [5.74, 6) is 0. The smallest absolute Gasteiger partial charge is 0.410 e. The third-order valence-electron chi connectivity index (χ3n) is 3.80. The van der Waals surface area contributed by atoms with Crippen LogP contribution in [0.3, 0.4) is 0 Å². The largest absolute Gasteiger partial charge is 0.445 e. The summed E-state index contributed by atoms with van der Waals surface area (Å²) in [6.07, 6.45) is 9.12. The molecule has 2 atom stereocenters. The third-order valence-corrected chi connectivity index (χ3v) is 4.18. The maximum Gasteiger partial charge on any atom is 0.410 e. The van der Waals surface area contributed by atoms with E-state index in [1.807, 2.05) is 0 Å². The minimum Gasteiger partial charge on any atom is -0.445 e. The lowest BCUT2D eigenvalue weighted by Gasteiger charge is -2.21. The van der Waals surface area contributed by atoms with Crippen molar-refractivity contribution in [3.05, 3.63) is 24.8 Å². The fourth-order valence-electron chi connectivity index (χ4n) is 2.78. The number of hydrogen-bond donors (Lipinski definition) is 1. The number of rotatable bonds is 5. The van der Waals surface area contributed by atoms with Crippen LogP contribution in [0.15, 0.2) is 24.8 Å². The molecule has 0 spiro atoms. The molecule has 0 bridgehead atoms. The number of nitrogens with zero attached hydrogens (tertiary/aromatic N) is 2. The molecule has 20 heavy (non-hydrogen) atoms. The van der Waals surface area contributed by atoms with Crippen LogP contribution in [0.4, 0.5) is 4.79 Å². The molecule has 1 amide bonds. The molecule has 2 rings (SSSR count). The highest BCUT2D eigenvalue weighted by molar-refractivity contribution is 7.81. The van der Waals surface area contributed by atoms with Gasteiger partial charge < -0.3 is 9.64 Å². The minimum absolute atomic E-state index is 0.109. The van der Waals surface area contributed by atoms with E-state index in [-0.39, 0.29) is 24.0 Å². The quantitative estimate of drug-likeness (QED) is 0.624. The third kappa shape index (κ3) is 4.28. The van der Waals surface area contributed by atoms with Crippen molar-refractivity contribution in [1.29, 1.82) is 0 Å². The van der Waals surface area contributed by atoms with E-state index < -0.39 is 0 Å². The van der Waals surface area contributed by atoms with Crippen molar-refractivity contribution in [2.24, 2.45) is 0 Å². The van der Waals surface area contributed by atoms with Crippen LogP contribution in [-0.2, 0) is 4.74 Å². The summed E-state index contributed by atoms with van der Waals surface area (Å²) < 4.78 is 5.12. The van der Waals surface area contributed by atoms with Crippen LogP contribution in [0.5, 0.6) is 0 Å². The normalized spacial score (nSPS) is 27.4. The Hall–Kier alpha value is -0.940. The first-order chi connectivity index (χ1) is 9.70. The predicted octanol–water partition coefficient (Wildman–Crippen LogP) is 2.33. The average molecular weight is 296 g/mol. The van der Waals surface area contributed by atoms with Crippen molar-refractivity contribution in [3.8, 4) is 0 Å². The Morgan fingerprint density at radius 3 is 2.85 bits per heavy atom. The zero-order valence-corrected chi connectivity index (χ0v) is 12.8. The molecule has 0 saturated carbocycles. The lowest BCUT2D eigenvalue weighted by molar-refractivity contribution is 0.114. The van der Waals surface area contributed by atoms with Crippen LogP contribution in [0.2, 0.25) is 0 Å². The maximum absolute atomic E-state index is 12.0. The molecule has 2 aliphatic rings. The SMILES string of the molecule is C=CCOC(=O)N1C[C@@H](S)C[C@H]1/C=C\CN1CCCC1. The van der Waals surface area contributed by atoms with Gasteiger partial charge in [0.1, 0.15) is 6.61 Å². The standard InChI is InChI=1S/C15H24N2O2S/c1-2-10-19-15(18)17-12-14(20)11-13(17)6-5-9-16-7-3-4-8-16/h2,5-6,13-14,20H,1,3-4,7-12H2/b6-5-/t13-,14+/m1/s1. The molecule has 0 aromatic carbocycles. The van der Waals surface area contributed by atoms with E-state index in [2.05, 4.69) is 36.3 Å². The predicted molar refractivity (Wildman–Crippen MR) is 84.2 cm³/mol. The number of likely N-dealkylation sites (tertiary alicyclic amines) is 2. The molecule has 0 N–H and O–H groups in total. The van der Waals surface area contributed by atoms with E-state index in [9.17, 15) is 4.79 Å². The zero-order chi connectivity index (χ0) is 14.4. The second-order valence-electron chi connectivity index (χ2n) is 5.41. The number of hydrogen-bond acceptors (Lipinski definition) is 4. The zero-order valence-electron chi connectivity index (χ0n) is 11.9. The first-order valence-electron chi connectivity index (χ1n) is 7.32. The van der Waals surface area contributed by atoms with Gasteiger partial charge in [-0.3, -0.25) is 4.90 Å². The molecule has 2 saturated heterocycles. The molecule has 0 aromatic rings. The maximum atomic E-state index is 12.0. The second-order valence-corrected chi connectivity index (χ2v) is 6.14. The van der Waals surface area contributed by atoms with E-state index in [0.29, 0.717) is 6.54 Å². The van der Waals surface area contributed by atoms with Crippen molar-refractivity contribution in [2.45, 2.75) is 30.6 Å². The second kappa shape index (κ2) is 7.74. The van der Waals surface area contributed by atoms with E-state index in [1.165, 1.54) is 25.9 Å². The number of carbonyl (C=O) groups excluding carboxylic acids is 1. The van der Waals surface area contributed by atoms with Crippen LogP contribution >= 0.6 is 12.6 Å². The van der Waals surface area contributed by atoms with Gasteiger partial charge in [-0.1, -0.05) is 24.8 Å². The van der Waals surface area contributed by atoms with Gasteiger partial charge in [0.2, 0.25) is 0 Å². The Labute approximate surface area is 126 Å². The van der Waals surface area contributed by atoms with Crippen molar-refractivity contribution >= 4 is 18.7 Å². The molecule has 112 valence electrons. The van der Waals surface area contributed by atoms with E-state index in [1.54, 1.807) is 11.0 Å². The lowest BCUT2D eigenvalue weighted by Crippen LogP contribution is -2.35. The highest BCUT2D eigenvalue weighted by Crippen LogP contribution is 2.23. The van der Waals surface area contributed by atoms with Crippen molar-refractivity contribution in [3.63, 3.8) is 0 Å². The van der Waals surface area contributed by atoms with Crippen LogP contribution in [0, 0.1) is 0 Å². The number of amides is 1. The van der Waals surface area contributed by atoms with E-state index in [4.69, 9.17) is 4.74 Å². The summed E-state index contributed by atoms with van der Waals surface area (Å²) in [5, 5.41) is 0.229. The lowest BCUT2D eigenvalue weighted by atomic mass is 10.2. The summed E-state index contributed by atoms with van der Waals surface area (Å²) in [6.45, 7) is 7.82. The topological polar surface area (TPSA) is 32.8 Å². The Morgan fingerprint density at radius 2 is 2.15 bits per heavy atom. The summed E-state index contributed by atoms with van der Waals surface area (Å²) >= 11 is 4.49. The molecule has 2 aliphatic heterocycles. The summed E-state index contributed by atoms with van der Waals surface area (Å²) in [5.41, 5.74) is 0. The molecule has 5 heteroatoms. The van der Waals surface area contributed by atoms with E-state index >= 15 is 0 Å². The van der Waals surface area contributed by atoms with Gasteiger partial charge in [0.15, 0.2) is 0 Å². The highest BCUT2D eigenvalue weighted by atomic mass is 32.1. The first-order valence-corrected chi connectivity index (χ1v) is 7.83. The fraction of sp³-hybridized carbons (Fsp3) is 0.667. The molecular weight excluding hydrogens is 272 g/mol. The van der Waals surface area contributed by atoms with Gasteiger partial charge in [-0.15, -0.1) is 0 Å². The molecular formula is C15H24N2O2S. The molecule has 2 heterocycles. The summed E-state index contributed by atoms with van der Waals surface area (Å²) in [7, 11) is 0. The minimum atomic E-state index is -0.266. The first kappa shape index (κ1) is 15.4. The molecule has 0 aliphatic carbocycles. The van der Waals surface area contributed by atoms with E-state index in [0.717, 1.165) is 13.0 Å². The van der Waals surface area contributed by atoms with Gasteiger partial charge in [0, 0.05) is 18.3 Å². The van der Waals surface area contributed by atoms with Crippen molar-refractivity contribution < 1.29 is 9.53 Å². The number of thiol groups is 1. The molecule has 0 unspecified atom stereocenters. The van der Waals surface area contributed by atoms with Gasteiger partial charge in [-0.25, -0.2) is 4.79 Å². The molecule has 2 fully saturated rings. The Kier molecular flexibility index (Phi) is 5.98. The number of ether oxygens (including phenoxy) is 1.